The van der Waals surface area contributed by atoms with Gasteiger partial charge in [0.15, 0.2) is 0 Å². The van der Waals surface area contributed by atoms with Gasteiger partial charge in [-0.15, -0.1) is 0 Å². The van der Waals surface area contributed by atoms with Crippen LogP contribution < -0.4 is 4.90 Å². The molecule has 0 radical (unpaired) electrons. The molecule has 0 amide bonds. The Morgan fingerprint density at radius 3 is 0.800 bits per heavy atom. The molecule has 304 valence electrons. The smallest absolute Gasteiger partial charge is 0.0468 e. The number of benzene rings is 12. The second kappa shape index (κ2) is 16.3. The maximum absolute atomic E-state index is 2.45. The molecule has 0 bridgehead atoms. The van der Waals surface area contributed by atoms with Crippen molar-refractivity contribution in [2.24, 2.45) is 0 Å². The highest BCUT2D eigenvalue weighted by Crippen LogP contribution is 2.49. The number of rotatable bonds is 8. The van der Waals surface area contributed by atoms with E-state index < -0.39 is 0 Å². The van der Waals surface area contributed by atoms with Crippen LogP contribution in [-0.2, 0) is 0 Å². The Morgan fingerprint density at radius 2 is 0.431 bits per heavy atom. The summed E-state index contributed by atoms with van der Waals surface area (Å²) in [5.41, 5.74) is 15.4. The van der Waals surface area contributed by atoms with Crippen molar-refractivity contribution in [2.45, 2.75) is 0 Å². The lowest BCUT2D eigenvalue weighted by Crippen LogP contribution is -2.10. The third-order valence-electron chi connectivity index (χ3n) is 13.0. The first kappa shape index (κ1) is 38.2. The van der Waals surface area contributed by atoms with E-state index >= 15 is 0 Å². The first-order valence-corrected chi connectivity index (χ1v) is 22.4. The van der Waals surface area contributed by atoms with Crippen LogP contribution in [0.2, 0.25) is 0 Å². The lowest BCUT2D eigenvalue weighted by atomic mass is 9.84. The molecule has 0 aliphatic carbocycles. The van der Waals surface area contributed by atoms with Gasteiger partial charge in [0.25, 0.3) is 0 Å². The third kappa shape index (κ3) is 6.74. The summed E-state index contributed by atoms with van der Waals surface area (Å²) in [5.74, 6) is 0. The van der Waals surface area contributed by atoms with Crippen molar-refractivity contribution in [3.8, 4) is 55.6 Å². The number of hydrogen-bond donors (Lipinski definition) is 0. The zero-order chi connectivity index (χ0) is 43.1. The molecule has 0 saturated heterocycles. The lowest BCUT2D eigenvalue weighted by molar-refractivity contribution is 1.29. The van der Waals surface area contributed by atoms with Crippen LogP contribution in [0.15, 0.2) is 261 Å². The van der Waals surface area contributed by atoms with Crippen LogP contribution in [0, 0.1) is 0 Å². The number of hydrogen-bond acceptors (Lipinski definition) is 1. The molecule has 12 rings (SSSR count). The van der Waals surface area contributed by atoms with Gasteiger partial charge in [0, 0.05) is 17.1 Å². The molecule has 0 fully saturated rings. The predicted molar refractivity (Wildman–Crippen MR) is 278 cm³/mol. The topological polar surface area (TPSA) is 3.24 Å². The molecule has 0 spiro atoms. The Bertz CT molecular complexity index is 3450. The van der Waals surface area contributed by atoms with Crippen molar-refractivity contribution in [1.29, 1.82) is 0 Å². The Hall–Kier alpha value is -8.52. The number of nitrogens with zero attached hydrogens (tertiary/aromatic N) is 1. The molecular formula is C64H43N. The van der Waals surface area contributed by atoms with E-state index in [2.05, 4.69) is 266 Å². The lowest BCUT2D eigenvalue weighted by Gasteiger charge is -2.28. The van der Waals surface area contributed by atoms with E-state index in [9.17, 15) is 0 Å². The van der Waals surface area contributed by atoms with E-state index in [0.29, 0.717) is 0 Å². The molecule has 1 heteroatoms. The van der Waals surface area contributed by atoms with E-state index in [0.717, 1.165) is 17.1 Å². The van der Waals surface area contributed by atoms with Crippen molar-refractivity contribution < 1.29 is 0 Å². The zero-order valence-corrected chi connectivity index (χ0v) is 35.8. The van der Waals surface area contributed by atoms with Crippen LogP contribution in [0.5, 0.6) is 0 Å². The summed E-state index contributed by atoms with van der Waals surface area (Å²) < 4.78 is 0. The summed E-state index contributed by atoms with van der Waals surface area (Å²) in [6.45, 7) is 0. The number of anilines is 3. The second-order valence-electron chi connectivity index (χ2n) is 16.8. The van der Waals surface area contributed by atoms with Gasteiger partial charge in [-0.05, 0) is 135 Å². The summed E-state index contributed by atoms with van der Waals surface area (Å²) in [5, 5.41) is 9.85. The van der Waals surface area contributed by atoms with Gasteiger partial charge < -0.3 is 4.90 Å². The minimum atomic E-state index is 1.08. The van der Waals surface area contributed by atoms with E-state index in [4.69, 9.17) is 0 Å². The van der Waals surface area contributed by atoms with Gasteiger partial charge in [-0.1, -0.05) is 224 Å². The Balaban J connectivity index is 1.17. The standard InChI is InChI=1S/C64H43N/c1-6-20-44(21-7-1)45-34-36-50(37-35-45)65(51-38-40-55-53-30-16-18-32-57(53)61(46-22-8-2-9-23-46)63(59(55)42-51)48-26-12-4-13-27-48)52-39-41-56-54-31-17-19-33-58(54)62(47-24-10-3-11-25-47)64(60(56)43-52)49-28-14-5-15-29-49/h1-43H. The molecule has 0 atom stereocenters. The highest BCUT2D eigenvalue weighted by Gasteiger charge is 2.23. The molecule has 0 saturated carbocycles. The molecule has 0 heterocycles. The highest BCUT2D eigenvalue weighted by atomic mass is 15.1. The minimum Gasteiger partial charge on any atom is -0.310 e. The SMILES string of the molecule is c1ccc(-c2ccc(N(c3ccc4c(c3)c(-c3ccccc3)c(-c3ccccc3)c3ccccc34)c3ccc4c(c3)c(-c3ccccc3)c(-c3ccccc3)c3ccccc34)cc2)cc1. The van der Waals surface area contributed by atoms with E-state index in [1.807, 2.05) is 0 Å². The molecule has 65 heavy (non-hydrogen) atoms. The Morgan fingerprint density at radius 1 is 0.169 bits per heavy atom. The van der Waals surface area contributed by atoms with Gasteiger partial charge in [-0.25, -0.2) is 0 Å². The molecule has 0 aliphatic rings. The molecular weight excluding hydrogens is 783 g/mol. The van der Waals surface area contributed by atoms with Gasteiger partial charge in [-0.2, -0.15) is 0 Å². The van der Waals surface area contributed by atoms with Crippen molar-refractivity contribution in [3.63, 3.8) is 0 Å². The molecule has 12 aromatic carbocycles. The first-order valence-electron chi connectivity index (χ1n) is 22.4. The van der Waals surface area contributed by atoms with Crippen molar-refractivity contribution in [2.75, 3.05) is 4.90 Å². The molecule has 0 aromatic heterocycles. The Labute approximate surface area is 379 Å². The third-order valence-corrected chi connectivity index (χ3v) is 13.0. The second-order valence-corrected chi connectivity index (χ2v) is 16.8. The van der Waals surface area contributed by atoms with Crippen molar-refractivity contribution >= 4 is 60.2 Å². The average molecular weight is 826 g/mol. The summed E-state index contributed by atoms with van der Waals surface area (Å²) in [4.78, 5) is 2.45. The van der Waals surface area contributed by atoms with Gasteiger partial charge in [0.05, 0.1) is 0 Å². The zero-order valence-electron chi connectivity index (χ0n) is 35.8. The largest absolute Gasteiger partial charge is 0.310 e. The van der Waals surface area contributed by atoms with Crippen molar-refractivity contribution in [3.05, 3.63) is 261 Å². The number of fused-ring (bicyclic) bond motifs is 6. The monoisotopic (exact) mass is 825 g/mol. The first-order chi connectivity index (χ1) is 32.3. The summed E-state index contributed by atoms with van der Waals surface area (Å²) in [6, 6.07) is 95.3. The van der Waals surface area contributed by atoms with Crippen LogP contribution in [0.3, 0.4) is 0 Å². The molecule has 0 unspecified atom stereocenters. The normalized spacial score (nSPS) is 11.4. The van der Waals surface area contributed by atoms with Crippen LogP contribution in [0.4, 0.5) is 17.1 Å². The molecule has 0 N–H and O–H groups in total. The quantitative estimate of drug-likeness (QED) is 0.138. The van der Waals surface area contributed by atoms with E-state index in [1.54, 1.807) is 0 Å². The fourth-order valence-corrected chi connectivity index (χ4v) is 10.1. The van der Waals surface area contributed by atoms with Crippen LogP contribution in [0.1, 0.15) is 0 Å². The predicted octanol–water partition coefficient (Wildman–Crippen LogP) is 18.1. The highest BCUT2D eigenvalue weighted by molar-refractivity contribution is 6.24. The summed E-state index contributed by atoms with van der Waals surface area (Å²) in [7, 11) is 0. The Kier molecular flexibility index (Phi) is 9.58. The van der Waals surface area contributed by atoms with Gasteiger partial charge in [0.1, 0.15) is 0 Å². The van der Waals surface area contributed by atoms with E-state index in [1.165, 1.54) is 98.7 Å². The minimum absolute atomic E-state index is 1.08. The summed E-state index contributed by atoms with van der Waals surface area (Å²) in [6.07, 6.45) is 0. The van der Waals surface area contributed by atoms with Crippen LogP contribution >= 0.6 is 0 Å². The maximum Gasteiger partial charge on any atom is 0.0468 e. The fourth-order valence-electron chi connectivity index (χ4n) is 10.1. The average Bonchev–Trinajstić information content (AvgIpc) is 3.39. The molecule has 0 aliphatic heterocycles. The van der Waals surface area contributed by atoms with Gasteiger partial charge >= 0.3 is 0 Å². The fraction of sp³-hybridized carbons (Fsp3) is 0. The van der Waals surface area contributed by atoms with E-state index in [-0.39, 0.29) is 0 Å². The molecule has 12 aromatic rings. The van der Waals surface area contributed by atoms with Crippen molar-refractivity contribution in [1.82, 2.24) is 0 Å². The van der Waals surface area contributed by atoms with Crippen LogP contribution in [0.25, 0.3) is 98.7 Å². The van der Waals surface area contributed by atoms with Gasteiger partial charge in [0.2, 0.25) is 0 Å². The van der Waals surface area contributed by atoms with Gasteiger partial charge in [-0.3, -0.25) is 0 Å². The molecule has 1 nitrogen and oxygen atoms in total. The summed E-state index contributed by atoms with van der Waals surface area (Å²) >= 11 is 0. The van der Waals surface area contributed by atoms with Crippen LogP contribution in [-0.4, -0.2) is 0 Å². The maximum atomic E-state index is 2.45.